The normalized spacial score (nSPS) is 12.4. The van der Waals surface area contributed by atoms with Crippen LogP contribution in [-0.2, 0) is 0 Å². The molecule has 0 saturated heterocycles. The number of rotatable bonds is 10. The molecule has 1 aromatic carbocycles. The van der Waals surface area contributed by atoms with Crippen molar-refractivity contribution >= 4 is 0 Å². The van der Waals surface area contributed by atoms with Crippen LogP contribution in [0.15, 0.2) is 18.2 Å². The van der Waals surface area contributed by atoms with Gasteiger partial charge < -0.3 is 10.1 Å². The second kappa shape index (κ2) is 9.76. The van der Waals surface area contributed by atoms with Crippen LogP contribution in [0.4, 0.5) is 4.39 Å². The number of hydrogen-bond donors (Lipinski definition) is 1. The third-order valence-electron chi connectivity index (χ3n) is 3.64. The smallest absolute Gasteiger partial charge is 0.165 e. The highest BCUT2D eigenvalue weighted by molar-refractivity contribution is 5.30. The van der Waals surface area contributed by atoms with E-state index in [1.54, 1.807) is 12.1 Å². The Morgan fingerprint density at radius 3 is 2.50 bits per heavy atom. The number of hydrogen-bond acceptors (Lipinski definition) is 2. The van der Waals surface area contributed by atoms with Gasteiger partial charge in [-0.2, -0.15) is 0 Å². The van der Waals surface area contributed by atoms with Gasteiger partial charge in [0.25, 0.3) is 0 Å². The fourth-order valence-electron chi connectivity index (χ4n) is 2.13. The van der Waals surface area contributed by atoms with E-state index in [-0.39, 0.29) is 11.9 Å². The number of ether oxygens (including phenoxy) is 1. The summed E-state index contributed by atoms with van der Waals surface area (Å²) in [6.45, 7) is 4.82. The molecule has 1 rings (SSSR count). The van der Waals surface area contributed by atoms with Crippen LogP contribution in [0.5, 0.6) is 5.75 Å². The summed E-state index contributed by atoms with van der Waals surface area (Å²) in [5, 5.41) is 3.10. The molecule has 0 heterocycles. The maximum atomic E-state index is 13.9. The Bertz CT molecular complexity index is 381. The summed E-state index contributed by atoms with van der Waals surface area (Å²) in [6.07, 6.45) is 7.27. The molecule has 1 unspecified atom stereocenters. The lowest BCUT2D eigenvalue weighted by Crippen LogP contribution is -2.12. The Hall–Kier alpha value is -1.09. The van der Waals surface area contributed by atoms with Gasteiger partial charge in [0.2, 0.25) is 0 Å². The molecule has 1 N–H and O–H groups in total. The molecule has 0 aliphatic carbocycles. The van der Waals surface area contributed by atoms with E-state index in [2.05, 4.69) is 12.2 Å². The Labute approximate surface area is 122 Å². The first-order valence-electron chi connectivity index (χ1n) is 7.78. The highest BCUT2D eigenvalue weighted by atomic mass is 19.1. The van der Waals surface area contributed by atoms with Gasteiger partial charge in [-0.25, -0.2) is 4.39 Å². The van der Waals surface area contributed by atoms with E-state index < -0.39 is 0 Å². The van der Waals surface area contributed by atoms with E-state index in [1.807, 2.05) is 20.0 Å². The summed E-state index contributed by atoms with van der Waals surface area (Å²) in [6, 6.07) is 5.35. The molecule has 0 aliphatic heterocycles. The minimum Gasteiger partial charge on any atom is -0.491 e. The van der Waals surface area contributed by atoms with Crippen molar-refractivity contribution in [2.45, 2.75) is 58.4 Å². The van der Waals surface area contributed by atoms with E-state index in [1.165, 1.54) is 25.7 Å². The molecule has 2 nitrogen and oxygen atoms in total. The first-order chi connectivity index (χ1) is 9.69. The molecule has 0 aromatic heterocycles. The van der Waals surface area contributed by atoms with Crippen molar-refractivity contribution in [3.8, 4) is 5.75 Å². The van der Waals surface area contributed by atoms with E-state index in [0.717, 1.165) is 18.4 Å². The van der Waals surface area contributed by atoms with Crippen molar-refractivity contribution in [1.82, 2.24) is 5.32 Å². The van der Waals surface area contributed by atoms with Crippen LogP contribution in [0.25, 0.3) is 0 Å². The average Bonchev–Trinajstić information content (AvgIpc) is 2.46. The Morgan fingerprint density at radius 2 is 1.85 bits per heavy atom. The van der Waals surface area contributed by atoms with Gasteiger partial charge in [0.1, 0.15) is 0 Å². The zero-order valence-electron chi connectivity index (χ0n) is 13.0. The molecular formula is C17H28FNO. The fraction of sp³-hybridized carbons (Fsp3) is 0.647. The van der Waals surface area contributed by atoms with E-state index in [4.69, 9.17) is 4.74 Å². The molecule has 0 saturated carbocycles. The molecular weight excluding hydrogens is 253 g/mol. The molecule has 1 atom stereocenters. The summed E-state index contributed by atoms with van der Waals surface area (Å²) in [5.41, 5.74) is 0.942. The molecule has 0 radical (unpaired) electrons. The van der Waals surface area contributed by atoms with Crippen molar-refractivity contribution in [2.75, 3.05) is 13.7 Å². The van der Waals surface area contributed by atoms with Crippen LogP contribution >= 0.6 is 0 Å². The lowest BCUT2D eigenvalue weighted by Gasteiger charge is -2.13. The van der Waals surface area contributed by atoms with Gasteiger partial charge in [-0.05, 0) is 38.1 Å². The molecule has 0 amide bonds. The average molecular weight is 281 g/mol. The van der Waals surface area contributed by atoms with Crippen LogP contribution in [0.2, 0.25) is 0 Å². The summed E-state index contributed by atoms with van der Waals surface area (Å²) >= 11 is 0. The zero-order valence-corrected chi connectivity index (χ0v) is 13.0. The summed E-state index contributed by atoms with van der Waals surface area (Å²) in [7, 11) is 1.87. The Kier molecular flexibility index (Phi) is 8.28. The largest absolute Gasteiger partial charge is 0.491 e. The number of nitrogens with one attached hydrogen (secondary N) is 1. The first-order valence-corrected chi connectivity index (χ1v) is 7.78. The summed E-state index contributed by atoms with van der Waals surface area (Å²) in [4.78, 5) is 0. The molecule has 20 heavy (non-hydrogen) atoms. The molecule has 114 valence electrons. The van der Waals surface area contributed by atoms with Gasteiger partial charge >= 0.3 is 0 Å². The Morgan fingerprint density at radius 1 is 1.15 bits per heavy atom. The van der Waals surface area contributed by atoms with Gasteiger partial charge in [-0.15, -0.1) is 0 Å². The van der Waals surface area contributed by atoms with Crippen molar-refractivity contribution in [3.05, 3.63) is 29.6 Å². The van der Waals surface area contributed by atoms with Crippen molar-refractivity contribution < 1.29 is 9.13 Å². The summed E-state index contributed by atoms with van der Waals surface area (Å²) < 4.78 is 19.4. The van der Waals surface area contributed by atoms with Gasteiger partial charge in [0.15, 0.2) is 11.6 Å². The molecule has 0 fully saturated rings. The molecule has 1 aromatic rings. The molecule has 0 aliphatic rings. The predicted molar refractivity (Wildman–Crippen MR) is 82.7 cm³/mol. The molecule has 3 heteroatoms. The minimum absolute atomic E-state index is 0.150. The number of halogens is 1. The van der Waals surface area contributed by atoms with Crippen LogP contribution < -0.4 is 10.1 Å². The number of benzene rings is 1. The van der Waals surface area contributed by atoms with Crippen molar-refractivity contribution in [2.24, 2.45) is 0 Å². The van der Waals surface area contributed by atoms with E-state index >= 15 is 0 Å². The lowest BCUT2D eigenvalue weighted by molar-refractivity contribution is 0.289. The van der Waals surface area contributed by atoms with Gasteiger partial charge in [0.05, 0.1) is 6.61 Å². The standard InChI is InChI=1S/C17H28FNO/c1-4-5-6-7-8-9-12-20-17-11-10-15(13-16(17)18)14(2)19-3/h10-11,13-14,19H,4-9,12H2,1-3H3. The van der Waals surface area contributed by atoms with Crippen LogP contribution in [0.1, 0.15) is 64.0 Å². The monoisotopic (exact) mass is 281 g/mol. The Balaban J connectivity index is 2.30. The van der Waals surface area contributed by atoms with Crippen LogP contribution in [0.3, 0.4) is 0 Å². The van der Waals surface area contributed by atoms with Crippen molar-refractivity contribution in [1.29, 1.82) is 0 Å². The third-order valence-corrected chi connectivity index (χ3v) is 3.64. The second-order valence-electron chi connectivity index (χ2n) is 5.32. The van der Waals surface area contributed by atoms with Gasteiger partial charge in [0, 0.05) is 6.04 Å². The topological polar surface area (TPSA) is 21.3 Å². The highest BCUT2D eigenvalue weighted by Crippen LogP contribution is 2.22. The first kappa shape index (κ1) is 17.0. The van der Waals surface area contributed by atoms with Crippen LogP contribution in [-0.4, -0.2) is 13.7 Å². The predicted octanol–water partition coefficient (Wildman–Crippen LogP) is 4.85. The molecule has 0 spiro atoms. The van der Waals surface area contributed by atoms with Crippen LogP contribution in [0, 0.1) is 5.82 Å². The summed E-state index contributed by atoms with van der Waals surface area (Å²) in [5.74, 6) is 0.0983. The SMILES string of the molecule is CCCCCCCCOc1ccc(C(C)NC)cc1F. The van der Waals surface area contributed by atoms with E-state index in [9.17, 15) is 4.39 Å². The number of unbranched alkanes of at least 4 members (excludes halogenated alkanes) is 5. The van der Waals surface area contributed by atoms with Gasteiger partial charge in [-0.3, -0.25) is 0 Å². The molecule has 0 bridgehead atoms. The minimum atomic E-state index is -0.268. The second-order valence-corrected chi connectivity index (χ2v) is 5.32. The maximum absolute atomic E-state index is 13.9. The van der Waals surface area contributed by atoms with Crippen molar-refractivity contribution in [3.63, 3.8) is 0 Å². The van der Waals surface area contributed by atoms with Gasteiger partial charge in [-0.1, -0.05) is 45.1 Å². The maximum Gasteiger partial charge on any atom is 0.165 e. The van der Waals surface area contributed by atoms with E-state index in [0.29, 0.717) is 12.4 Å². The lowest BCUT2D eigenvalue weighted by atomic mass is 10.1. The third kappa shape index (κ3) is 5.91. The quantitative estimate of drug-likeness (QED) is 0.619. The highest BCUT2D eigenvalue weighted by Gasteiger charge is 2.08. The zero-order chi connectivity index (χ0) is 14.8. The fourth-order valence-corrected chi connectivity index (χ4v) is 2.13.